The van der Waals surface area contributed by atoms with E-state index in [0.717, 1.165) is 25.7 Å². The summed E-state index contributed by atoms with van der Waals surface area (Å²) in [4.78, 5) is 0. The molecule has 0 spiro atoms. The minimum atomic E-state index is 0.179. The highest BCUT2D eigenvalue weighted by atomic mass is 32.1. The summed E-state index contributed by atoms with van der Waals surface area (Å²) >= 11 is 4.57. The molecule has 0 heterocycles. The first-order valence-electron chi connectivity index (χ1n) is 5.93. The average Bonchev–Trinajstić information content (AvgIpc) is 2.24. The lowest BCUT2D eigenvalue weighted by Crippen LogP contribution is -2.46. The lowest BCUT2D eigenvalue weighted by molar-refractivity contribution is 0.399. The molecule has 0 radical (unpaired) electrons. The van der Waals surface area contributed by atoms with E-state index in [4.69, 9.17) is 11.5 Å². The van der Waals surface area contributed by atoms with Gasteiger partial charge in [0.05, 0.1) is 0 Å². The number of nitrogens with two attached hydrogens (primary N) is 2. The van der Waals surface area contributed by atoms with Gasteiger partial charge in [-0.2, -0.15) is 12.6 Å². The fourth-order valence-electron chi connectivity index (χ4n) is 1.75. The molecule has 3 nitrogen and oxygen atoms in total. The fraction of sp³-hybridized carbons (Fsp3) is 1.00. The van der Waals surface area contributed by atoms with E-state index in [0.29, 0.717) is 6.04 Å². The van der Waals surface area contributed by atoms with Crippen molar-refractivity contribution in [3.8, 4) is 0 Å². The van der Waals surface area contributed by atoms with Crippen LogP contribution in [0.5, 0.6) is 0 Å². The summed E-state index contributed by atoms with van der Waals surface area (Å²) in [6.07, 6.45) is 4.07. The van der Waals surface area contributed by atoms with Crippen molar-refractivity contribution in [1.82, 2.24) is 5.32 Å². The summed E-state index contributed by atoms with van der Waals surface area (Å²) in [5.41, 5.74) is 12.0. The van der Waals surface area contributed by atoms with E-state index in [9.17, 15) is 0 Å². The Morgan fingerprint density at radius 1 is 1.20 bits per heavy atom. The number of likely N-dealkylation sites (N-methyl/N-ethyl adjacent to an activating group) is 1. The van der Waals surface area contributed by atoms with E-state index in [1.54, 1.807) is 0 Å². The zero-order valence-electron chi connectivity index (χ0n) is 10.2. The molecule has 4 heteroatoms. The van der Waals surface area contributed by atoms with E-state index in [1.165, 1.54) is 0 Å². The Bertz CT molecular complexity index is 155. The largest absolute Gasteiger partial charge is 0.327 e. The van der Waals surface area contributed by atoms with Gasteiger partial charge in [-0.3, -0.25) is 0 Å². The molecular weight excluding hydrogens is 206 g/mol. The molecule has 0 aromatic rings. The molecule has 0 amide bonds. The van der Waals surface area contributed by atoms with Crippen LogP contribution in [0.4, 0.5) is 0 Å². The quantitative estimate of drug-likeness (QED) is 0.475. The molecule has 4 atom stereocenters. The van der Waals surface area contributed by atoms with Crippen LogP contribution < -0.4 is 16.8 Å². The third-order valence-corrected chi connectivity index (χ3v) is 3.56. The topological polar surface area (TPSA) is 64.1 Å². The van der Waals surface area contributed by atoms with Gasteiger partial charge in [-0.1, -0.05) is 20.3 Å². The number of hydrogen-bond acceptors (Lipinski definition) is 4. The van der Waals surface area contributed by atoms with Crippen LogP contribution in [0.15, 0.2) is 0 Å². The Kier molecular flexibility index (Phi) is 8.52. The lowest BCUT2D eigenvalue weighted by atomic mass is 9.97. The average molecular weight is 233 g/mol. The fourth-order valence-corrected chi connectivity index (χ4v) is 2.13. The second-order valence-electron chi connectivity index (χ2n) is 4.22. The molecule has 0 saturated heterocycles. The molecule has 0 aliphatic rings. The zero-order valence-corrected chi connectivity index (χ0v) is 11.1. The van der Waals surface area contributed by atoms with Gasteiger partial charge in [-0.25, -0.2) is 0 Å². The van der Waals surface area contributed by atoms with E-state index in [-0.39, 0.29) is 17.3 Å². The predicted molar refractivity (Wildman–Crippen MR) is 71.4 cm³/mol. The second kappa shape index (κ2) is 8.39. The van der Waals surface area contributed by atoms with E-state index >= 15 is 0 Å². The maximum Gasteiger partial charge on any atom is 0.0226 e. The summed E-state index contributed by atoms with van der Waals surface area (Å²) in [5.74, 6) is 0. The predicted octanol–water partition coefficient (Wildman–Crippen LogP) is 1.13. The highest BCUT2D eigenvalue weighted by Gasteiger charge is 2.21. The van der Waals surface area contributed by atoms with Gasteiger partial charge in [0.2, 0.25) is 0 Å². The molecule has 0 fully saturated rings. The van der Waals surface area contributed by atoms with Crippen molar-refractivity contribution in [1.29, 1.82) is 0 Å². The first kappa shape index (κ1) is 15.2. The first-order chi connectivity index (χ1) is 7.06. The van der Waals surface area contributed by atoms with Gasteiger partial charge in [0, 0.05) is 23.4 Å². The molecule has 0 saturated carbocycles. The van der Waals surface area contributed by atoms with Crippen LogP contribution in [0.25, 0.3) is 0 Å². The zero-order chi connectivity index (χ0) is 11.8. The molecule has 15 heavy (non-hydrogen) atoms. The summed E-state index contributed by atoms with van der Waals surface area (Å²) in [6, 6.07) is 0.692. The van der Waals surface area contributed by atoms with Gasteiger partial charge in [0.15, 0.2) is 0 Å². The number of rotatable bonds is 8. The molecule has 4 unspecified atom stereocenters. The third kappa shape index (κ3) is 5.76. The SMILES string of the molecule is CCCC(N)C(S)CC(NC)C(N)CC. The Morgan fingerprint density at radius 3 is 2.20 bits per heavy atom. The lowest BCUT2D eigenvalue weighted by Gasteiger charge is -2.27. The van der Waals surface area contributed by atoms with Crippen molar-refractivity contribution in [2.24, 2.45) is 11.5 Å². The maximum absolute atomic E-state index is 6.03. The molecule has 0 rings (SSSR count). The molecule has 5 N–H and O–H groups in total. The van der Waals surface area contributed by atoms with Crippen molar-refractivity contribution >= 4 is 12.6 Å². The maximum atomic E-state index is 6.03. The second-order valence-corrected chi connectivity index (χ2v) is 4.89. The van der Waals surface area contributed by atoms with Crippen LogP contribution >= 0.6 is 12.6 Å². The monoisotopic (exact) mass is 233 g/mol. The first-order valence-corrected chi connectivity index (χ1v) is 6.44. The number of thiol groups is 1. The summed E-state index contributed by atoms with van der Waals surface area (Å²) in [5, 5.41) is 3.49. The van der Waals surface area contributed by atoms with Crippen LogP contribution in [-0.2, 0) is 0 Å². The minimum absolute atomic E-state index is 0.179. The Morgan fingerprint density at radius 2 is 1.80 bits per heavy atom. The highest BCUT2D eigenvalue weighted by molar-refractivity contribution is 7.81. The third-order valence-electron chi connectivity index (χ3n) is 2.97. The molecule has 0 aromatic carbocycles. The van der Waals surface area contributed by atoms with E-state index in [2.05, 4.69) is 31.8 Å². The van der Waals surface area contributed by atoms with Gasteiger partial charge in [-0.05, 0) is 26.3 Å². The van der Waals surface area contributed by atoms with Gasteiger partial charge in [-0.15, -0.1) is 0 Å². The molecule has 0 aliphatic heterocycles. The highest BCUT2D eigenvalue weighted by Crippen LogP contribution is 2.14. The van der Waals surface area contributed by atoms with Crippen LogP contribution in [0.1, 0.15) is 39.5 Å². The van der Waals surface area contributed by atoms with Crippen molar-refractivity contribution in [2.45, 2.75) is 62.9 Å². The number of nitrogens with one attached hydrogen (secondary N) is 1. The van der Waals surface area contributed by atoms with Gasteiger partial charge >= 0.3 is 0 Å². The standard InChI is InChI=1S/C11H27N3S/c1-4-6-9(13)11(15)7-10(14-3)8(12)5-2/h8-11,14-15H,4-7,12-13H2,1-3H3. The summed E-state index contributed by atoms with van der Waals surface area (Å²) in [6.45, 7) is 4.25. The molecule has 0 aliphatic carbocycles. The van der Waals surface area contributed by atoms with Crippen molar-refractivity contribution < 1.29 is 0 Å². The minimum Gasteiger partial charge on any atom is -0.327 e. The molecule has 92 valence electrons. The van der Waals surface area contributed by atoms with Gasteiger partial charge in [0.1, 0.15) is 0 Å². The normalized spacial score (nSPS) is 19.6. The number of hydrogen-bond donors (Lipinski definition) is 4. The van der Waals surface area contributed by atoms with Gasteiger partial charge in [0.25, 0.3) is 0 Å². The molecule has 0 aromatic heterocycles. The molecular formula is C11H27N3S. The summed E-state index contributed by atoms with van der Waals surface area (Å²) < 4.78 is 0. The van der Waals surface area contributed by atoms with Crippen LogP contribution in [0.3, 0.4) is 0 Å². The van der Waals surface area contributed by atoms with Crippen molar-refractivity contribution in [3.05, 3.63) is 0 Å². The Balaban J connectivity index is 4.05. The van der Waals surface area contributed by atoms with E-state index < -0.39 is 0 Å². The van der Waals surface area contributed by atoms with Crippen molar-refractivity contribution in [2.75, 3.05) is 7.05 Å². The van der Waals surface area contributed by atoms with Gasteiger partial charge < -0.3 is 16.8 Å². The molecule has 0 bridgehead atoms. The van der Waals surface area contributed by atoms with Crippen molar-refractivity contribution in [3.63, 3.8) is 0 Å². The van der Waals surface area contributed by atoms with Crippen LogP contribution in [-0.4, -0.2) is 30.4 Å². The smallest absolute Gasteiger partial charge is 0.0226 e. The van der Waals surface area contributed by atoms with Crippen LogP contribution in [0.2, 0.25) is 0 Å². The van der Waals surface area contributed by atoms with Crippen LogP contribution in [0, 0.1) is 0 Å². The Hall–Kier alpha value is 0.230. The Labute approximate surface area is 99.8 Å². The van der Waals surface area contributed by atoms with E-state index in [1.807, 2.05) is 7.05 Å². The summed E-state index contributed by atoms with van der Waals surface area (Å²) in [7, 11) is 1.95.